The SMILES string of the molecule is CCN(CC)C(=O)c1ccc(C(=O)N2CCNCC2c2ccccc2OC)cc1.Cl. The molecule has 1 N–H and O–H groups in total. The van der Waals surface area contributed by atoms with Gasteiger partial charge in [0.2, 0.25) is 0 Å². The van der Waals surface area contributed by atoms with Crippen LogP contribution in [0.5, 0.6) is 5.75 Å². The first kappa shape index (κ1) is 23.7. The van der Waals surface area contributed by atoms with E-state index >= 15 is 0 Å². The lowest BCUT2D eigenvalue weighted by Crippen LogP contribution is -2.48. The molecule has 0 radical (unpaired) electrons. The van der Waals surface area contributed by atoms with Crippen LogP contribution in [0.1, 0.15) is 46.2 Å². The lowest BCUT2D eigenvalue weighted by molar-refractivity contribution is 0.0630. The molecule has 162 valence electrons. The van der Waals surface area contributed by atoms with Gasteiger partial charge in [0.25, 0.3) is 11.8 Å². The summed E-state index contributed by atoms with van der Waals surface area (Å²) in [4.78, 5) is 29.4. The first-order chi connectivity index (χ1) is 14.1. The van der Waals surface area contributed by atoms with E-state index < -0.39 is 0 Å². The summed E-state index contributed by atoms with van der Waals surface area (Å²) in [6.45, 7) is 7.28. The predicted octanol–water partition coefficient (Wildman–Crippen LogP) is 3.39. The Morgan fingerprint density at radius 1 is 1.07 bits per heavy atom. The van der Waals surface area contributed by atoms with Gasteiger partial charge in [0, 0.05) is 49.4 Å². The molecular weight excluding hydrogens is 402 g/mol. The van der Waals surface area contributed by atoms with Gasteiger partial charge in [-0.2, -0.15) is 0 Å². The van der Waals surface area contributed by atoms with E-state index in [9.17, 15) is 9.59 Å². The first-order valence-electron chi connectivity index (χ1n) is 10.1. The van der Waals surface area contributed by atoms with Crippen LogP contribution in [0.4, 0.5) is 0 Å². The fourth-order valence-corrected chi connectivity index (χ4v) is 3.78. The molecule has 3 rings (SSSR count). The minimum atomic E-state index is -0.107. The highest BCUT2D eigenvalue weighted by Gasteiger charge is 2.30. The average molecular weight is 432 g/mol. The molecule has 1 fully saturated rings. The summed E-state index contributed by atoms with van der Waals surface area (Å²) in [7, 11) is 1.65. The molecule has 6 nitrogen and oxygen atoms in total. The monoisotopic (exact) mass is 431 g/mol. The smallest absolute Gasteiger partial charge is 0.254 e. The van der Waals surface area contributed by atoms with Crippen LogP contribution in [0.15, 0.2) is 48.5 Å². The van der Waals surface area contributed by atoms with Gasteiger partial charge in [-0.1, -0.05) is 18.2 Å². The lowest BCUT2D eigenvalue weighted by Gasteiger charge is -2.37. The third-order valence-corrected chi connectivity index (χ3v) is 5.43. The normalized spacial score (nSPS) is 15.8. The quantitative estimate of drug-likeness (QED) is 0.761. The van der Waals surface area contributed by atoms with Crippen LogP contribution >= 0.6 is 12.4 Å². The molecule has 2 aromatic carbocycles. The van der Waals surface area contributed by atoms with Crippen molar-refractivity contribution in [3.05, 3.63) is 65.2 Å². The summed E-state index contributed by atoms with van der Waals surface area (Å²) in [6, 6.07) is 14.7. The van der Waals surface area contributed by atoms with Crippen molar-refractivity contribution in [2.24, 2.45) is 0 Å². The molecule has 2 aromatic rings. The minimum Gasteiger partial charge on any atom is -0.496 e. The molecule has 1 saturated heterocycles. The molecule has 1 aliphatic rings. The highest BCUT2D eigenvalue weighted by molar-refractivity contribution is 5.98. The number of piperazine rings is 1. The van der Waals surface area contributed by atoms with E-state index in [-0.39, 0.29) is 30.3 Å². The Hall–Kier alpha value is -2.57. The number of nitrogens with one attached hydrogen (secondary N) is 1. The highest BCUT2D eigenvalue weighted by Crippen LogP contribution is 2.31. The maximum absolute atomic E-state index is 13.3. The van der Waals surface area contributed by atoms with Gasteiger partial charge in [-0.3, -0.25) is 9.59 Å². The third kappa shape index (κ3) is 4.94. The summed E-state index contributed by atoms with van der Waals surface area (Å²) < 4.78 is 5.51. The van der Waals surface area contributed by atoms with Crippen molar-refractivity contribution in [3.8, 4) is 5.75 Å². The zero-order valence-corrected chi connectivity index (χ0v) is 18.6. The second kappa shape index (κ2) is 11.0. The number of halogens is 1. The van der Waals surface area contributed by atoms with Crippen LogP contribution in [0.25, 0.3) is 0 Å². The first-order valence-corrected chi connectivity index (χ1v) is 10.1. The molecule has 1 unspecified atom stereocenters. The van der Waals surface area contributed by atoms with Crippen molar-refractivity contribution in [2.75, 3.05) is 39.8 Å². The van der Waals surface area contributed by atoms with E-state index in [1.54, 1.807) is 36.3 Å². The molecule has 1 aliphatic heterocycles. The van der Waals surface area contributed by atoms with Crippen LogP contribution in [0, 0.1) is 0 Å². The van der Waals surface area contributed by atoms with Crippen LogP contribution in [-0.2, 0) is 0 Å². The van der Waals surface area contributed by atoms with Crippen LogP contribution in [0.3, 0.4) is 0 Å². The van der Waals surface area contributed by atoms with Crippen molar-refractivity contribution < 1.29 is 14.3 Å². The van der Waals surface area contributed by atoms with Crippen LogP contribution in [0.2, 0.25) is 0 Å². The molecule has 0 spiro atoms. The Kier molecular flexibility index (Phi) is 8.69. The number of amides is 2. The Labute approximate surface area is 184 Å². The topological polar surface area (TPSA) is 61.9 Å². The summed E-state index contributed by atoms with van der Waals surface area (Å²) >= 11 is 0. The van der Waals surface area contributed by atoms with E-state index in [1.165, 1.54) is 0 Å². The Bertz CT molecular complexity index is 853. The van der Waals surface area contributed by atoms with Crippen molar-refractivity contribution in [2.45, 2.75) is 19.9 Å². The minimum absolute atomic E-state index is 0. The molecule has 1 atom stereocenters. The number of hydrogen-bond acceptors (Lipinski definition) is 4. The molecule has 7 heteroatoms. The zero-order chi connectivity index (χ0) is 20.8. The molecule has 0 aliphatic carbocycles. The summed E-state index contributed by atoms with van der Waals surface area (Å²) in [5.41, 5.74) is 2.18. The fraction of sp³-hybridized carbons (Fsp3) is 0.391. The van der Waals surface area contributed by atoms with Gasteiger partial charge in [-0.25, -0.2) is 0 Å². The predicted molar refractivity (Wildman–Crippen MR) is 121 cm³/mol. The number of para-hydroxylation sites is 1. The van der Waals surface area contributed by atoms with Gasteiger partial charge in [0.1, 0.15) is 5.75 Å². The second-order valence-electron chi connectivity index (χ2n) is 7.02. The summed E-state index contributed by atoms with van der Waals surface area (Å²) in [5, 5.41) is 3.37. The van der Waals surface area contributed by atoms with Crippen molar-refractivity contribution in [1.29, 1.82) is 0 Å². The van der Waals surface area contributed by atoms with Crippen molar-refractivity contribution in [1.82, 2.24) is 15.1 Å². The third-order valence-electron chi connectivity index (χ3n) is 5.43. The average Bonchev–Trinajstić information content (AvgIpc) is 2.79. The molecule has 0 bridgehead atoms. The van der Waals surface area contributed by atoms with E-state index in [0.29, 0.717) is 37.3 Å². The Balaban J connectivity index is 0.00000320. The van der Waals surface area contributed by atoms with E-state index in [1.807, 2.05) is 43.0 Å². The number of ether oxygens (including phenoxy) is 1. The van der Waals surface area contributed by atoms with Gasteiger partial charge in [0.05, 0.1) is 13.2 Å². The number of nitrogens with zero attached hydrogens (tertiary/aromatic N) is 2. The maximum atomic E-state index is 13.3. The van der Waals surface area contributed by atoms with Gasteiger partial charge in [0.15, 0.2) is 0 Å². The zero-order valence-electron chi connectivity index (χ0n) is 17.8. The Morgan fingerprint density at radius 3 is 2.33 bits per heavy atom. The number of carbonyl (C=O) groups is 2. The lowest BCUT2D eigenvalue weighted by atomic mass is 10.0. The standard InChI is InChI=1S/C23H29N3O3.ClH/c1-4-25(5-2)22(27)17-10-12-18(13-11-17)23(28)26-15-14-24-16-20(26)19-8-6-7-9-21(19)29-3;/h6-13,20,24H,4-5,14-16H2,1-3H3;1H. The van der Waals surface area contributed by atoms with Crippen molar-refractivity contribution >= 4 is 24.2 Å². The fourth-order valence-electron chi connectivity index (χ4n) is 3.78. The van der Waals surface area contributed by atoms with E-state index in [0.717, 1.165) is 17.9 Å². The number of methoxy groups -OCH3 is 1. The molecule has 0 saturated carbocycles. The number of benzene rings is 2. The summed E-state index contributed by atoms with van der Waals surface area (Å²) in [5.74, 6) is 0.728. The van der Waals surface area contributed by atoms with Gasteiger partial charge >= 0.3 is 0 Å². The van der Waals surface area contributed by atoms with Gasteiger partial charge in [-0.05, 0) is 44.2 Å². The number of carbonyl (C=O) groups excluding carboxylic acids is 2. The Morgan fingerprint density at radius 2 is 1.70 bits per heavy atom. The van der Waals surface area contributed by atoms with Gasteiger partial charge < -0.3 is 19.9 Å². The molecule has 30 heavy (non-hydrogen) atoms. The molecular formula is C23H30ClN3O3. The van der Waals surface area contributed by atoms with E-state index in [4.69, 9.17) is 4.74 Å². The maximum Gasteiger partial charge on any atom is 0.254 e. The van der Waals surface area contributed by atoms with Crippen LogP contribution < -0.4 is 10.1 Å². The van der Waals surface area contributed by atoms with Gasteiger partial charge in [-0.15, -0.1) is 12.4 Å². The van der Waals surface area contributed by atoms with Crippen LogP contribution in [-0.4, -0.2) is 61.4 Å². The number of hydrogen-bond donors (Lipinski definition) is 1. The molecule has 0 aromatic heterocycles. The van der Waals surface area contributed by atoms with Crippen molar-refractivity contribution in [3.63, 3.8) is 0 Å². The largest absolute Gasteiger partial charge is 0.496 e. The molecule has 1 heterocycles. The van der Waals surface area contributed by atoms with E-state index in [2.05, 4.69) is 5.32 Å². The highest BCUT2D eigenvalue weighted by atomic mass is 35.5. The number of rotatable bonds is 6. The molecule has 2 amide bonds. The second-order valence-corrected chi connectivity index (χ2v) is 7.02. The summed E-state index contributed by atoms with van der Waals surface area (Å²) in [6.07, 6.45) is 0.